The number of aromatic nitrogens is 2. The van der Waals surface area contributed by atoms with E-state index < -0.39 is 5.91 Å². The molecule has 1 heterocycles. The predicted molar refractivity (Wildman–Crippen MR) is 66.8 cm³/mol. The molecule has 0 unspecified atom stereocenters. The SMILES string of the molecule is CC(=O)Nc1c(C(N)=O)cccc1-c1ccn[nH]1. The molecule has 0 saturated heterocycles. The summed E-state index contributed by atoms with van der Waals surface area (Å²) < 4.78 is 0. The highest BCUT2D eigenvalue weighted by molar-refractivity contribution is 6.06. The second-order valence-electron chi connectivity index (χ2n) is 3.74. The number of para-hydroxylation sites is 1. The van der Waals surface area contributed by atoms with Crippen molar-refractivity contribution in [2.45, 2.75) is 6.92 Å². The van der Waals surface area contributed by atoms with E-state index in [9.17, 15) is 9.59 Å². The van der Waals surface area contributed by atoms with Gasteiger partial charge in [0.25, 0.3) is 5.91 Å². The average Bonchev–Trinajstić information content (AvgIpc) is 2.81. The van der Waals surface area contributed by atoms with Crippen LogP contribution in [0, 0.1) is 0 Å². The van der Waals surface area contributed by atoms with Crippen molar-refractivity contribution >= 4 is 17.5 Å². The van der Waals surface area contributed by atoms with Crippen molar-refractivity contribution in [3.63, 3.8) is 0 Å². The summed E-state index contributed by atoms with van der Waals surface area (Å²) in [4.78, 5) is 22.6. The average molecular weight is 244 g/mol. The van der Waals surface area contributed by atoms with Crippen molar-refractivity contribution in [1.29, 1.82) is 0 Å². The number of hydrogen-bond acceptors (Lipinski definition) is 3. The molecule has 18 heavy (non-hydrogen) atoms. The van der Waals surface area contributed by atoms with E-state index in [4.69, 9.17) is 5.73 Å². The van der Waals surface area contributed by atoms with Crippen LogP contribution in [0.5, 0.6) is 0 Å². The summed E-state index contributed by atoms with van der Waals surface area (Å²) in [6.07, 6.45) is 1.59. The summed E-state index contributed by atoms with van der Waals surface area (Å²) in [6, 6.07) is 6.77. The Balaban J connectivity index is 2.62. The molecule has 1 aromatic heterocycles. The van der Waals surface area contributed by atoms with Gasteiger partial charge in [0, 0.05) is 18.7 Å². The zero-order chi connectivity index (χ0) is 13.1. The van der Waals surface area contributed by atoms with Crippen LogP contribution in [-0.2, 0) is 4.79 Å². The zero-order valence-corrected chi connectivity index (χ0v) is 9.73. The Morgan fingerprint density at radius 1 is 1.33 bits per heavy atom. The van der Waals surface area contributed by atoms with Gasteiger partial charge in [-0.3, -0.25) is 14.7 Å². The topological polar surface area (TPSA) is 101 Å². The highest BCUT2D eigenvalue weighted by Gasteiger charge is 2.15. The van der Waals surface area contributed by atoms with Gasteiger partial charge in [0.15, 0.2) is 0 Å². The summed E-state index contributed by atoms with van der Waals surface area (Å²) >= 11 is 0. The molecule has 0 aliphatic rings. The second kappa shape index (κ2) is 4.70. The Morgan fingerprint density at radius 3 is 2.67 bits per heavy atom. The molecule has 0 saturated carbocycles. The molecule has 0 radical (unpaired) electrons. The molecule has 1 aromatic carbocycles. The Hall–Kier alpha value is -2.63. The van der Waals surface area contributed by atoms with Crippen molar-refractivity contribution in [2.75, 3.05) is 5.32 Å². The number of primary amides is 1. The molecular weight excluding hydrogens is 232 g/mol. The summed E-state index contributed by atoms with van der Waals surface area (Å²) in [7, 11) is 0. The molecule has 6 nitrogen and oxygen atoms in total. The molecule has 2 rings (SSSR count). The first-order valence-corrected chi connectivity index (χ1v) is 5.29. The number of anilines is 1. The number of carbonyl (C=O) groups excluding carboxylic acids is 2. The van der Waals surface area contributed by atoms with Crippen LogP contribution in [0.3, 0.4) is 0 Å². The number of hydrogen-bond donors (Lipinski definition) is 3. The number of carbonyl (C=O) groups is 2. The molecule has 4 N–H and O–H groups in total. The maximum Gasteiger partial charge on any atom is 0.250 e. The highest BCUT2D eigenvalue weighted by atomic mass is 16.2. The zero-order valence-electron chi connectivity index (χ0n) is 9.73. The van der Waals surface area contributed by atoms with Gasteiger partial charge in [-0.1, -0.05) is 12.1 Å². The van der Waals surface area contributed by atoms with Gasteiger partial charge < -0.3 is 11.1 Å². The van der Waals surface area contributed by atoms with E-state index in [1.165, 1.54) is 6.92 Å². The smallest absolute Gasteiger partial charge is 0.250 e. The molecule has 0 spiro atoms. The number of nitrogens with one attached hydrogen (secondary N) is 2. The lowest BCUT2D eigenvalue weighted by atomic mass is 10.0. The van der Waals surface area contributed by atoms with Crippen LogP contribution in [0.2, 0.25) is 0 Å². The van der Waals surface area contributed by atoms with Gasteiger partial charge in [0.05, 0.1) is 16.9 Å². The van der Waals surface area contributed by atoms with Gasteiger partial charge in [-0.05, 0) is 12.1 Å². The van der Waals surface area contributed by atoms with Crippen LogP contribution >= 0.6 is 0 Å². The number of amides is 2. The fraction of sp³-hybridized carbons (Fsp3) is 0.0833. The fourth-order valence-corrected chi connectivity index (χ4v) is 1.70. The molecule has 0 atom stereocenters. The second-order valence-corrected chi connectivity index (χ2v) is 3.74. The lowest BCUT2D eigenvalue weighted by Gasteiger charge is -2.12. The van der Waals surface area contributed by atoms with Gasteiger partial charge in [-0.25, -0.2) is 0 Å². The van der Waals surface area contributed by atoms with E-state index in [0.717, 1.165) is 0 Å². The maximum atomic E-state index is 11.4. The molecule has 6 heteroatoms. The van der Waals surface area contributed by atoms with Gasteiger partial charge in [0.2, 0.25) is 5.91 Å². The first-order valence-electron chi connectivity index (χ1n) is 5.29. The molecule has 2 amide bonds. The Bertz CT molecular complexity index is 590. The molecule has 2 aromatic rings. The largest absolute Gasteiger partial charge is 0.366 e. The lowest BCUT2D eigenvalue weighted by molar-refractivity contribution is -0.114. The van der Waals surface area contributed by atoms with E-state index in [1.54, 1.807) is 30.5 Å². The third-order valence-electron chi connectivity index (χ3n) is 2.42. The first-order chi connectivity index (χ1) is 8.59. The predicted octanol–water partition coefficient (Wildman–Crippen LogP) is 1.13. The van der Waals surface area contributed by atoms with Gasteiger partial charge in [-0.2, -0.15) is 5.10 Å². The van der Waals surface area contributed by atoms with E-state index in [-0.39, 0.29) is 11.5 Å². The fourth-order valence-electron chi connectivity index (χ4n) is 1.70. The van der Waals surface area contributed by atoms with Crippen molar-refractivity contribution in [1.82, 2.24) is 10.2 Å². The minimum absolute atomic E-state index is 0.261. The van der Waals surface area contributed by atoms with Gasteiger partial charge in [0.1, 0.15) is 0 Å². The van der Waals surface area contributed by atoms with Crippen molar-refractivity contribution < 1.29 is 9.59 Å². The van der Waals surface area contributed by atoms with E-state index >= 15 is 0 Å². The lowest BCUT2D eigenvalue weighted by Crippen LogP contribution is -2.17. The molecular formula is C12H12N4O2. The number of H-pyrrole nitrogens is 1. The normalized spacial score (nSPS) is 10.1. The summed E-state index contributed by atoms with van der Waals surface area (Å²) in [5.41, 5.74) is 7.31. The first kappa shape index (κ1) is 11.8. The Kier molecular flexibility index (Phi) is 3.09. The van der Waals surface area contributed by atoms with E-state index in [1.807, 2.05) is 0 Å². The van der Waals surface area contributed by atoms with Crippen LogP contribution in [0.1, 0.15) is 17.3 Å². The Morgan fingerprint density at radius 2 is 2.11 bits per heavy atom. The number of nitrogens with zero attached hydrogens (tertiary/aromatic N) is 1. The molecule has 0 aliphatic carbocycles. The van der Waals surface area contributed by atoms with Crippen LogP contribution in [0.4, 0.5) is 5.69 Å². The third-order valence-corrected chi connectivity index (χ3v) is 2.42. The minimum Gasteiger partial charge on any atom is -0.366 e. The number of aromatic amines is 1. The Labute approximate surface area is 103 Å². The number of rotatable bonds is 3. The van der Waals surface area contributed by atoms with Crippen LogP contribution in [0.15, 0.2) is 30.5 Å². The highest BCUT2D eigenvalue weighted by Crippen LogP contribution is 2.29. The molecule has 0 aliphatic heterocycles. The van der Waals surface area contributed by atoms with Crippen molar-refractivity contribution in [2.24, 2.45) is 5.73 Å². The van der Waals surface area contributed by atoms with E-state index in [0.29, 0.717) is 16.9 Å². The number of benzene rings is 1. The third kappa shape index (κ3) is 2.22. The van der Waals surface area contributed by atoms with Gasteiger partial charge in [-0.15, -0.1) is 0 Å². The molecule has 0 fully saturated rings. The van der Waals surface area contributed by atoms with Crippen LogP contribution < -0.4 is 11.1 Å². The van der Waals surface area contributed by atoms with Crippen molar-refractivity contribution in [3.05, 3.63) is 36.0 Å². The van der Waals surface area contributed by atoms with Crippen LogP contribution in [0.25, 0.3) is 11.3 Å². The maximum absolute atomic E-state index is 11.4. The monoisotopic (exact) mass is 244 g/mol. The quantitative estimate of drug-likeness (QED) is 0.754. The van der Waals surface area contributed by atoms with Crippen LogP contribution in [-0.4, -0.2) is 22.0 Å². The van der Waals surface area contributed by atoms with Gasteiger partial charge >= 0.3 is 0 Å². The number of nitrogens with two attached hydrogens (primary N) is 1. The summed E-state index contributed by atoms with van der Waals surface area (Å²) in [5, 5.41) is 9.24. The summed E-state index contributed by atoms with van der Waals surface area (Å²) in [5.74, 6) is -0.871. The molecule has 92 valence electrons. The molecule has 0 bridgehead atoms. The van der Waals surface area contributed by atoms with E-state index in [2.05, 4.69) is 15.5 Å². The van der Waals surface area contributed by atoms with Crippen molar-refractivity contribution in [3.8, 4) is 11.3 Å². The minimum atomic E-state index is -0.597. The summed E-state index contributed by atoms with van der Waals surface area (Å²) in [6.45, 7) is 1.37. The standard InChI is InChI=1S/C12H12N4O2/c1-7(17)15-11-8(10-5-6-14-16-10)3-2-4-9(11)12(13)18/h2-6H,1H3,(H2,13,18)(H,14,16)(H,15,17).